The fourth-order valence-electron chi connectivity index (χ4n) is 1.20. The third kappa shape index (κ3) is 5.59. The summed E-state index contributed by atoms with van der Waals surface area (Å²) in [7, 11) is 0. The summed E-state index contributed by atoms with van der Waals surface area (Å²) in [5.74, 6) is 0.0763. The number of hydrogen-bond donors (Lipinski definition) is 0. The van der Waals surface area contributed by atoms with Crippen molar-refractivity contribution in [2.24, 2.45) is 0 Å². The molecule has 0 saturated carbocycles. The van der Waals surface area contributed by atoms with E-state index in [0.29, 0.717) is 12.8 Å². The van der Waals surface area contributed by atoms with Gasteiger partial charge in [0.2, 0.25) is 0 Å². The Balaban J connectivity index is 0.00000106. The molecule has 0 atom stereocenters. The minimum Gasteiger partial charge on any atom is -0.300 e. The van der Waals surface area contributed by atoms with Crippen LogP contribution < -0.4 is 0 Å². The Morgan fingerprint density at radius 1 is 1.31 bits per heavy atom. The molecular formula is C13H18F2O. The minimum atomic E-state index is -2.44. The molecule has 1 rings (SSSR count). The SMILES string of the molecule is CC.CC(=O)CCc1cccc(C(F)F)c1. The topological polar surface area (TPSA) is 17.1 Å². The Kier molecular flexibility index (Phi) is 7.34. The predicted octanol–water partition coefficient (Wildman–Crippen LogP) is 4.17. The van der Waals surface area contributed by atoms with E-state index in [1.54, 1.807) is 12.1 Å². The number of carbonyl (C=O) groups is 1. The van der Waals surface area contributed by atoms with Crippen LogP contribution in [0.1, 0.15) is 44.7 Å². The molecule has 0 N–H and O–H groups in total. The van der Waals surface area contributed by atoms with Gasteiger partial charge in [-0.15, -0.1) is 0 Å². The summed E-state index contributed by atoms with van der Waals surface area (Å²) in [6.07, 6.45) is -1.49. The molecule has 0 heterocycles. The summed E-state index contributed by atoms with van der Waals surface area (Å²) in [5, 5.41) is 0. The highest BCUT2D eigenvalue weighted by molar-refractivity contribution is 5.75. The summed E-state index contributed by atoms with van der Waals surface area (Å²) in [4.78, 5) is 10.7. The van der Waals surface area contributed by atoms with Crippen LogP contribution in [0, 0.1) is 0 Å². The highest BCUT2D eigenvalue weighted by Crippen LogP contribution is 2.19. The number of benzene rings is 1. The largest absolute Gasteiger partial charge is 0.300 e. The van der Waals surface area contributed by atoms with Crippen LogP contribution >= 0.6 is 0 Å². The molecule has 1 aromatic rings. The van der Waals surface area contributed by atoms with Crippen molar-refractivity contribution in [3.05, 3.63) is 35.4 Å². The molecule has 0 aromatic heterocycles. The van der Waals surface area contributed by atoms with Crippen molar-refractivity contribution in [1.82, 2.24) is 0 Å². The average molecular weight is 228 g/mol. The van der Waals surface area contributed by atoms with Gasteiger partial charge >= 0.3 is 0 Å². The van der Waals surface area contributed by atoms with Gasteiger partial charge in [0.1, 0.15) is 5.78 Å². The van der Waals surface area contributed by atoms with Gasteiger partial charge in [0, 0.05) is 12.0 Å². The van der Waals surface area contributed by atoms with Gasteiger partial charge in [0.25, 0.3) is 6.43 Å². The van der Waals surface area contributed by atoms with E-state index in [-0.39, 0.29) is 11.3 Å². The smallest absolute Gasteiger partial charge is 0.263 e. The van der Waals surface area contributed by atoms with Crippen molar-refractivity contribution in [1.29, 1.82) is 0 Å². The first-order valence-corrected chi connectivity index (χ1v) is 5.46. The number of halogens is 2. The van der Waals surface area contributed by atoms with E-state index in [1.165, 1.54) is 19.1 Å². The lowest BCUT2D eigenvalue weighted by atomic mass is 10.1. The van der Waals surface area contributed by atoms with Gasteiger partial charge in [-0.25, -0.2) is 8.78 Å². The number of alkyl halides is 2. The fourth-order valence-corrected chi connectivity index (χ4v) is 1.20. The molecule has 0 amide bonds. The van der Waals surface area contributed by atoms with Gasteiger partial charge in [-0.1, -0.05) is 38.1 Å². The van der Waals surface area contributed by atoms with Crippen LogP contribution in [-0.2, 0) is 11.2 Å². The highest BCUT2D eigenvalue weighted by atomic mass is 19.3. The first-order valence-electron chi connectivity index (χ1n) is 5.46. The minimum absolute atomic E-state index is 0.0195. The summed E-state index contributed by atoms with van der Waals surface area (Å²) < 4.78 is 24.6. The normalized spacial score (nSPS) is 9.62. The molecule has 0 saturated heterocycles. The van der Waals surface area contributed by atoms with Crippen LogP contribution in [0.5, 0.6) is 0 Å². The second-order valence-corrected chi connectivity index (χ2v) is 3.25. The second kappa shape index (κ2) is 7.97. The van der Waals surface area contributed by atoms with Crippen LogP contribution in [0.3, 0.4) is 0 Å². The Labute approximate surface area is 95.5 Å². The van der Waals surface area contributed by atoms with Gasteiger partial charge in [-0.05, 0) is 18.9 Å². The van der Waals surface area contributed by atoms with Crippen molar-refractivity contribution in [2.75, 3.05) is 0 Å². The lowest BCUT2D eigenvalue weighted by Gasteiger charge is -2.03. The molecule has 0 bridgehead atoms. The van der Waals surface area contributed by atoms with E-state index in [4.69, 9.17) is 0 Å². The summed E-state index contributed by atoms with van der Waals surface area (Å²) in [5.41, 5.74) is 0.809. The fraction of sp³-hybridized carbons (Fsp3) is 0.462. The maximum absolute atomic E-state index is 12.3. The number of Topliss-reactive ketones (excluding diaryl/α,β-unsaturated/α-hetero) is 1. The number of rotatable bonds is 4. The molecule has 0 aliphatic heterocycles. The Morgan fingerprint density at radius 3 is 2.44 bits per heavy atom. The molecule has 0 unspecified atom stereocenters. The molecule has 16 heavy (non-hydrogen) atoms. The molecule has 3 heteroatoms. The van der Waals surface area contributed by atoms with Crippen LogP contribution in [-0.4, -0.2) is 5.78 Å². The van der Waals surface area contributed by atoms with Crippen molar-refractivity contribution in [3.8, 4) is 0 Å². The van der Waals surface area contributed by atoms with E-state index < -0.39 is 6.43 Å². The Bertz CT molecular complexity index is 321. The second-order valence-electron chi connectivity index (χ2n) is 3.25. The van der Waals surface area contributed by atoms with Crippen molar-refractivity contribution in [3.63, 3.8) is 0 Å². The Hall–Kier alpha value is -1.25. The molecule has 0 aliphatic carbocycles. The maximum Gasteiger partial charge on any atom is 0.263 e. The van der Waals surface area contributed by atoms with Crippen LogP contribution in [0.2, 0.25) is 0 Å². The first-order chi connectivity index (χ1) is 7.59. The third-order valence-electron chi connectivity index (χ3n) is 1.97. The van der Waals surface area contributed by atoms with Gasteiger partial charge in [0.15, 0.2) is 0 Å². The van der Waals surface area contributed by atoms with E-state index in [2.05, 4.69) is 0 Å². The lowest BCUT2D eigenvalue weighted by Crippen LogP contribution is -1.95. The standard InChI is InChI=1S/C11H12F2O.C2H6/c1-8(14)5-6-9-3-2-4-10(7-9)11(12)13;1-2/h2-4,7,11H,5-6H2,1H3;1-2H3. The molecule has 0 radical (unpaired) electrons. The van der Waals surface area contributed by atoms with Crippen LogP contribution in [0.25, 0.3) is 0 Å². The lowest BCUT2D eigenvalue weighted by molar-refractivity contribution is -0.116. The molecule has 1 aromatic carbocycles. The molecule has 1 nitrogen and oxygen atoms in total. The molecule has 0 spiro atoms. The summed E-state index contributed by atoms with van der Waals surface area (Å²) in [6.45, 7) is 5.50. The highest BCUT2D eigenvalue weighted by Gasteiger charge is 2.06. The first kappa shape index (κ1) is 14.8. The van der Waals surface area contributed by atoms with E-state index in [0.717, 1.165) is 5.56 Å². The monoisotopic (exact) mass is 228 g/mol. The van der Waals surface area contributed by atoms with E-state index >= 15 is 0 Å². The molecule has 0 aliphatic rings. The zero-order valence-corrected chi connectivity index (χ0v) is 9.97. The van der Waals surface area contributed by atoms with Crippen LogP contribution in [0.4, 0.5) is 8.78 Å². The number of aryl methyl sites for hydroxylation is 1. The maximum atomic E-state index is 12.3. The zero-order chi connectivity index (χ0) is 12.6. The van der Waals surface area contributed by atoms with Gasteiger partial charge in [0.05, 0.1) is 0 Å². The molecule has 0 fully saturated rings. The van der Waals surface area contributed by atoms with Gasteiger partial charge in [-0.3, -0.25) is 0 Å². The number of carbonyl (C=O) groups excluding carboxylic acids is 1. The molecule has 90 valence electrons. The van der Waals surface area contributed by atoms with Crippen molar-refractivity contribution >= 4 is 5.78 Å². The summed E-state index contributed by atoms with van der Waals surface area (Å²) in [6, 6.07) is 6.20. The quantitative estimate of drug-likeness (QED) is 0.755. The average Bonchev–Trinajstić information content (AvgIpc) is 2.29. The predicted molar refractivity (Wildman–Crippen MR) is 61.7 cm³/mol. The van der Waals surface area contributed by atoms with E-state index in [1.807, 2.05) is 13.8 Å². The van der Waals surface area contributed by atoms with Crippen LogP contribution in [0.15, 0.2) is 24.3 Å². The summed E-state index contributed by atoms with van der Waals surface area (Å²) >= 11 is 0. The Morgan fingerprint density at radius 2 is 1.94 bits per heavy atom. The third-order valence-corrected chi connectivity index (χ3v) is 1.97. The van der Waals surface area contributed by atoms with Gasteiger partial charge in [-0.2, -0.15) is 0 Å². The molecular weight excluding hydrogens is 210 g/mol. The van der Waals surface area contributed by atoms with Crippen molar-refractivity contribution < 1.29 is 13.6 Å². The van der Waals surface area contributed by atoms with E-state index in [9.17, 15) is 13.6 Å². The number of hydrogen-bond acceptors (Lipinski definition) is 1. The number of ketones is 1. The van der Waals surface area contributed by atoms with Gasteiger partial charge < -0.3 is 4.79 Å². The van der Waals surface area contributed by atoms with Crippen molar-refractivity contribution in [2.45, 2.75) is 40.0 Å². The zero-order valence-electron chi connectivity index (χ0n) is 9.97.